The highest BCUT2D eigenvalue weighted by molar-refractivity contribution is 9.10. The first-order chi connectivity index (χ1) is 14.2. The van der Waals surface area contributed by atoms with Gasteiger partial charge in [0.25, 0.3) is 0 Å². The van der Waals surface area contributed by atoms with Crippen LogP contribution in [-0.2, 0) is 13.1 Å². The fourth-order valence-corrected chi connectivity index (χ4v) is 3.44. The van der Waals surface area contributed by atoms with Crippen LogP contribution in [0, 0.1) is 0 Å². The summed E-state index contributed by atoms with van der Waals surface area (Å²) in [7, 11) is 0. The molecule has 0 aliphatic rings. The highest BCUT2D eigenvalue weighted by Gasteiger charge is 2.15. The first kappa shape index (κ1) is 19.4. The molecular formula is C23H20BrN5. The Bertz CT molecular complexity index is 1080. The monoisotopic (exact) mass is 445 g/mol. The molecule has 0 saturated heterocycles. The summed E-state index contributed by atoms with van der Waals surface area (Å²) in [6.45, 7) is 0.814. The van der Waals surface area contributed by atoms with Crippen molar-refractivity contribution in [1.29, 1.82) is 0 Å². The molecule has 4 N–H and O–H groups in total. The summed E-state index contributed by atoms with van der Waals surface area (Å²) in [5.41, 5.74) is 16.6. The molecule has 6 heteroatoms. The van der Waals surface area contributed by atoms with Gasteiger partial charge in [-0.05, 0) is 23.3 Å². The van der Waals surface area contributed by atoms with E-state index in [1.807, 2.05) is 72.8 Å². The molecule has 0 aliphatic carbocycles. The normalized spacial score (nSPS) is 10.9. The third-order valence-electron chi connectivity index (χ3n) is 4.69. The van der Waals surface area contributed by atoms with Gasteiger partial charge in [-0.1, -0.05) is 76.6 Å². The number of aromatic nitrogens is 3. The predicted molar refractivity (Wildman–Crippen MR) is 120 cm³/mol. The molecule has 29 heavy (non-hydrogen) atoms. The van der Waals surface area contributed by atoms with Gasteiger partial charge >= 0.3 is 0 Å². The molecule has 0 unspecified atom stereocenters. The van der Waals surface area contributed by atoms with Crippen LogP contribution in [0.3, 0.4) is 0 Å². The van der Waals surface area contributed by atoms with E-state index >= 15 is 0 Å². The summed E-state index contributed by atoms with van der Waals surface area (Å²) >= 11 is 3.48. The molecule has 1 aromatic heterocycles. The first-order valence-corrected chi connectivity index (χ1v) is 10.1. The van der Waals surface area contributed by atoms with Crippen molar-refractivity contribution in [2.75, 3.05) is 0 Å². The Hall–Kier alpha value is -2.93. The van der Waals surface area contributed by atoms with E-state index in [0.29, 0.717) is 30.6 Å². The van der Waals surface area contributed by atoms with Gasteiger partial charge in [0.2, 0.25) is 0 Å². The standard InChI is InChI=1S/C23H20BrN5/c24-18-11-9-15(10-12-18)21-27-22(19-7-3-1-5-16(19)13-25)29-23(28-21)20-8-4-2-6-17(20)14-26/h1-12H,13-14,25-26H2. The van der Waals surface area contributed by atoms with Crippen molar-refractivity contribution in [3.8, 4) is 34.2 Å². The molecule has 0 radical (unpaired) electrons. The molecule has 5 nitrogen and oxygen atoms in total. The predicted octanol–water partition coefficient (Wildman–Crippen LogP) is 4.55. The molecule has 1 heterocycles. The molecule has 0 atom stereocenters. The molecule has 144 valence electrons. The van der Waals surface area contributed by atoms with Crippen molar-refractivity contribution in [1.82, 2.24) is 15.0 Å². The van der Waals surface area contributed by atoms with Crippen LogP contribution in [0.4, 0.5) is 0 Å². The van der Waals surface area contributed by atoms with E-state index in [2.05, 4.69) is 15.9 Å². The van der Waals surface area contributed by atoms with Crippen molar-refractivity contribution in [3.05, 3.63) is 88.4 Å². The lowest BCUT2D eigenvalue weighted by molar-refractivity contribution is 1.02. The summed E-state index contributed by atoms with van der Waals surface area (Å²) in [6.07, 6.45) is 0. The summed E-state index contributed by atoms with van der Waals surface area (Å²) in [5.74, 6) is 1.80. The lowest BCUT2D eigenvalue weighted by Gasteiger charge is -2.12. The van der Waals surface area contributed by atoms with Crippen molar-refractivity contribution >= 4 is 15.9 Å². The third-order valence-corrected chi connectivity index (χ3v) is 5.22. The second kappa shape index (κ2) is 8.61. The molecular weight excluding hydrogens is 426 g/mol. The largest absolute Gasteiger partial charge is 0.326 e. The van der Waals surface area contributed by atoms with Crippen molar-refractivity contribution in [2.45, 2.75) is 13.1 Å². The highest BCUT2D eigenvalue weighted by Crippen LogP contribution is 2.28. The van der Waals surface area contributed by atoms with Gasteiger partial charge < -0.3 is 11.5 Å². The number of rotatable bonds is 5. The smallest absolute Gasteiger partial charge is 0.164 e. The zero-order valence-electron chi connectivity index (χ0n) is 15.7. The molecule has 0 aliphatic heterocycles. The lowest BCUT2D eigenvalue weighted by Crippen LogP contribution is -2.06. The molecule has 0 saturated carbocycles. The van der Waals surface area contributed by atoms with Crippen LogP contribution in [0.1, 0.15) is 11.1 Å². The number of hydrogen-bond donors (Lipinski definition) is 2. The van der Waals surface area contributed by atoms with Gasteiger partial charge in [0.05, 0.1) is 0 Å². The Morgan fingerprint density at radius 2 is 1.03 bits per heavy atom. The van der Waals surface area contributed by atoms with E-state index in [1.165, 1.54) is 0 Å². The van der Waals surface area contributed by atoms with Crippen LogP contribution in [0.15, 0.2) is 77.3 Å². The van der Waals surface area contributed by atoms with E-state index in [4.69, 9.17) is 26.4 Å². The number of hydrogen-bond acceptors (Lipinski definition) is 5. The van der Waals surface area contributed by atoms with Gasteiger partial charge in [0.1, 0.15) is 0 Å². The van der Waals surface area contributed by atoms with Gasteiger partial charge in [-0.15, -0.1) is 0 Å². The van der Waals surface area contributed by atoms with Crippen LogP contribution in [0.2, 0.25) is 0 Å². The first-order valence-electron chi connectivity index (χ1n) is 9.28. The zero-order chi connectivity index (χ0) is 20.2. The second-order valence-corrected chi connectivity index (χ2v) is 7.45. The van der Waals surface area contributed by atoms with Gasteiger partial charge in [0.15, 0.2) is 17.5 Å². The van der Waals surface area contributed by atoms with Gasteiger partial charge in [-0.2, -0.15) is 0 Å². The minimum atomic E-state index is 0.407. The topological polar surface area (TPSA) is 90.7 Å². The quantitative estimate of drug-likeness (QED) is 0.469. The van der Waals surface area contributed by atoms with Crippen LogP contribution in [0.5, 0.6) is 0 Å². The van der Waals surface area contributed by atoms with E-state index in [1.54, 1.807) is 0 Å². The Morgan fingerprint density at radius 3 is 1.52 bits per heavy atom. The minimum Gasteiger partial charge on any atom is -0.326 e. The summed E-state index contributed by atoms with van der Waals surface area (Å²) in [5, 5.41) is 0. The minimum absolute atomic E-state index is 0.407. The van der Waals surface area contributed by atoms with Gasteiger partial charge in [-0.3, -0.25) is 0 Å². The zero-order valence-corrected chi connectivity index (χ0v) is 17.3. The SMILES string of the molecule is NCc1ccccc1-c1nc(-c2ccc(Br)cc2)nc(-c2ccccc2CN)n1. The van der Waals surface area contributed by atoms with Crippen LogP contribution < -0.4 is 11.5 Å². The van der Waals surface area contributed by atoms with Crippen LogP contribution >= 0.6 is 15.9 Å². The van der Waals surface area contributed by atoms with E-state index in [0.717, 1.165) is 32.3 Å². The number of nitrogens with zero attached hydrogens (tertiary/aromatic N) is 3. The number of halogens is 1. The fourth-order valence-electron chi connectivity index (χ4n) is 3.18. The Balaban J connectivity index is 1.96. The van der Waals surface area contributed by atoms with E-state index in [9.17, 15) is 0 Å². The Kier molecular flexibility index (Phi) is 5.76. The van der Waals surface area contributed by atoms with E-state index in [-0.39, 0.29) is 0 Å². The van der Waals surface area contributed by atoms with Crippen molar-refractivity contribution in [3.63, 3.8) is 0 Å². The summed E-state index contributed by atoms with van der Waals surface area (Å²) in [6, 6.07) is 23.7. The third kappa shape index (κ3) is 4.10. The molecule has 4 aromatic rings. The summed E-state index contributed by atoms with van der Waals surface area (Å²) < 4.78 is 0.998. The van der Waals surface area contributed by atoms with Crippen LogP contribution in [0.25, 0.3) is 34.2 Å². The van der Waals surface area contributed by atoms with Gasteiger partial charge in [-0.25, -0.2) is 15.0 Å². The maximum absolute atomic E-state index is 5.96. The average Bonchev–Trinajstić information content (AvgIpc) is 2.79. The number of nitrogens with two attached hydrogens (primary N) is 2. The molecule has 3 aromatic carbocycles. The Labute approximate surface area is 178 Å². The van der Waals surface area contributed by atoms with Crippen molar-refractivity contribution < 1.29 is 0 Å². The molecule has 4 rings (SSSR count). The molecule has 0 spiro atoms. The average molecular weight is 446 g/mol. The maximum atomic E-state index is 5.96. The molecule has 0 bridgehead atoms. The maximum Gasteiger partial charge on any atom is 0.164 e. The summed E-state index contributed by atoms with van der Waals surface area (Å²) in [4.78, 5) is 14.3. The lowest BCUT2D eigenvalue weighted by atomic mass is 10.1. The Morgan fingerprint density at radius 1 is 0.586 bits per heavy atom. The second-order valence-electron chi connectivity index (χ2n) is 6.54. The van der Waals surface area contributed by atoms with Gasteiger partial charge in [0, 0.05) is 34.3 Å². The van der Waals surface area contributed by atoms with Crippen molar-refractivity contribution in [2.24, 2.45) is 11.5 Å². The highest BCUT2D eigenvalue weighted by atomic mass is 79.9. The van der Waals surface area contributed by atoms with E-state index < -0.39 is 0 Å². The fraction of sp³-hybridized carbons (Fsp3) is 0.0870. The molecule has 0 amide bonds. The number of benzene rings is 3. The molecule has 0 fully saturated rings. The van der Waals surface area contributed by atoms with Crippen LogP contribution in [-0.4, -0.2) is 15.0 Å².